The first-order chi connectivity index (χ1) is 8.57. The summed E-state index contributed by atoms with van der Waals surface area (Å²) in [6, 6.07) is 0. The van der Waals surface area contributed by atoms with Crippen LogP contribution >= 0.6 is 0 Å². The maximum Gasteiger partial charge on any atom is 0.309 e. The Kier molecular flexibility index (Phi) is 4.67. The first-order valence-electron chi connectivity index (χ1n) is 6.80. The summed E-state index contributed by atoms with van der Waals surface area (Å²) in [6.07, 6.45) is 2.24. The van der Waals surface area contributed by atoms with Crippen LogP contribution in [0.1, 0.15) is 53.4 Å². The molecule has 1 fully saturated rings. The molecule has 1 aliphatic rings. The Morgan fingerprint density at radius 2 is 1.74 bits per heavy atom. The molecule has 0 atom stereocenters. The molecular weight excluding hydrogens is 266 g/mol. The van der Waals surface area contributed by atoms with Crippen LogP contribution in [0.25, 0.3) is 0 Å². The van der Waals surface area contributed by atoms with E-state index < -0.39 is 26.2 Å². The number of nitrogens with zero attached hydrogens (tertiary/aromatic N) is 1. The number of carbonyl (C=O) groups is 1. The van der Waals surface area contributed by atoms with E-state index in [9.17, 15) is 18.3 Å². The number of hydrogen-bond acceptors (Lipinski definition) is 3. The van der Waals surface area contributed by atoms with Crippen molar-refractivity contribution in [2.75, 3.05) is 13.1 Å². The molecular formula is C13H25NO4S. The Balaban J connectivity index is 2.85. The first-order valence-corrected chi connectivity index (χ1v) is 8.24. The average molecular weight is 291 g/mol. The lowest BCUT2D eigenvalue weighted by atomic mass is 9.75. The van der Waals surface area contributed by atoms with Crippen molar-refractivity contribution in [1.29, 1.82) is 0 Å². The standard InChI is InChI=1S/C13H25NO4S/c1-5-6-13(11(15)16)7-9-14(10-8-13)19(17,18)12(2,3)4/h5-10H2,1-4H3,(H,15,16). The number of aliphatic carboxylic acids is 1. The van der Waals surface area contributed by atoms with Crippen LogP contribution in [-0.2, 0) is 14.8 Å². The minimum atomic E-state index is -3.35. The molecule has 0 aromatic rings. The predicted molar refractivity (Wildman–Crippen MR) is 74.5 cm³/mol. The zero-order valence-electron chi connectivity index (χ0n) is 12.3. The second-order valence-electron chi connectivity index (χ2n) is 6.35. The summed E-state index contributed by atoms with van der Waals surface area (Å²) in [4.78, 5) is 11.5. The Morgan fingerprint density at radius 1 is 1.26 bits per heavy atom. The number of carboxylic acid groups (broad SMARTS) is 1. The van der Waals surface area contributed by atoms with E-state index >= 15 is 0 Å². The van der Waals surface area contributed by atoms with Crippen molar-refractivity contribution < 1.29 is 18.3 Å². The summed E-state index contributed by atoms with van der Waals surface area (Å²) in [5.41, 5.74) is -0.737. The van der Waals surface area contributed by atoms with E-state index in [1.807, 2.05) is 6.92 Å². The van der Waals surface area contributed by atoms with Crippen molar-refractivity contribution in [1.82, 2.24) is 4.31 Å². The van der Waals surface area contributed by atoms with Gasteiger partial charge in [0.15, 0.2) is 0 Å². The molecule has 1 heterocycles. The molecule has 0 amide bonds. The SMILES string of the molecule is CCCC1(C(=O)O)CCN(S(=O)(=O)C(C)(C)C)CC1. The van der Waals surface area contributed by atoms with Gasteiger partial charge >= 0.3 is 5.97 Å². The molecule has 0 aromatic heterocycles. The molecule has 0 spiro atoms. The van der Waals surface area contributed by atoms with Crippen LogP contribution in [0.5, 0.6) is 0 Å². The highest BCUT2D eigenvalue weighted by molar-refractivity contribution is 7.90. The van der Waals surface area contributed by atoms with Crippen LogP contribution in [0.2, 0.25) is 0 Å². The highest BCUT2D eigenvalue weighted by Crippen LogP contribution is 2.38. The van der Waals surface area contributed by atoms with Crippen LogP contribution in [-0.4, -0.2) is 41.6 Å². The molecule has 1 rings (SSSR count). The van der Waals surface area contributed by atoms with Crippen molar-refractivity contribution in [3.63, 3.8) is 0 Å². The molecule has 0 unspecified atom stereocenters. The Bertz CT molecular complexity index is 428. The quantitative estimate of drug-likeness (QED) is 0.860. The molecule has 0 radical (unpaired) electrons. The fourth-order valence-electron chi connectivity index (χ4n) is 2.59. The molecule has 0 aromatic carbocycles. The zero-order chi connectivity index (χ0) is 14.9. The van der Waals surface area contributed by atoms with Crippen LogP contribution in [0.4, 0.5) is 0 Å². The maximum absolute atomic E-state index is 12.3. The van der Waals surface area contributed by atoms with Gasteiger partial charge < -0.3 is 5.11 Å². The summed E-state index contributed by atoms with van der Waals surface area (Å²) in [6.45, 7) is 7.61. The van der Waals surface area contributed by atoms with Crippen molar-refractivity contribution in [2.45, 2.75) is 58.1 Å². The van der Waals surface area contributed by atoms with Gasteiger partial charge in [-0.1, -0.05) is 13.3 Å². The molecule has 0 bridgehead atoms. The molecule has 1 saturated heterocycles. The molecule has 6 heteroatoms. The first kappa shape index (κ1) is 16.4. The Labute approximate surface area is 116 Å². The average Bonchev–Trinajstić information content (AvgIpc) is 2.28. The van der Waals surface area contributed by atoms with E-state index in [0.29, 0.717) is 32.4 Å². The van der Waals surface area contributed by atoms with E-state index in [1.165, 1.54) is 4.31 Å². The van der Waals surface area contributed by atoms with Gasteiger partial charge in [-0.15, -0.1) is 0 Å². The number of rotatable bonds is 4. The highest BCUT2D eigenvalue weighted by atomic mass is 32.2. The monoisotopic (exact) mass is 291 g/mol. The smallest absolute Gasteiger partial charge is 0.309 e. The second-order valence-corrected chi connectivity index (χ2v) is 9.04. The summed E-state index contributed by atoms with van der Waals surface area (Å²) in [5, 5.41) is 9.40. The van der Waals surface area contributed by atoms with Crippen molar-refractivity contribution in [2.24, 2.45) is 5.41 Å². The van der Waals surface area contributed by atoms with Crippen molar-refractivity contribution >= 4 is 16.0 Å². The van der Waals surface area contributed by atoms with E-state index in [0.717, 1.165) is 6.42 Å². The van der Waals surface area contributed by atoms with Crippen molar-refractivity contribution in [3.8, 4) is 0 Å². The number of sulfonamides is 1. The van der Waals surface area contributed by atoms with Gasteiger partial charge in [0.2, 0.25) is 10.0 Å². The normalized spacial score (nSPS) is 21.3. The number of piperidine rings is 1. The van der Waals surface area contributed by atoms with Crippen molar-refractivity contribution in [3.05, 3.63) is 0 Å². The maximum atomic E-state index is 12.3. The molecule has 1 N–H and O–H groups in total. The summed E-state index contributed by atoms with van der Waals surface area (Å²) < 4.78 is 25.3. The Hall–Kier alpha value is -0.620. The summed E-state index contributed by atoms with van der Waals surface area (Å²) in [5.74, 6) is -0.790. The molecule has 19 heavy (non-hydrogen) atoms. The van der Waals surface area contributed by atoms with Crippen LogP contribution in [0.3, 0.4) is 0 Å². The number of hydrogen-bond donors (Lipinski definition) is 1. The van der Waals surface area contributed by atoms with E-state index in [2.05, 4.69) is 0 Å². The van der Waals surface area contributed by atoms with Gasteiger partial charge in [0.1, 0.15) is 0 Å². The van der Waals surface area contributed by atoms with Gasteiger partial charge in [0.05, 0.1) is 10.2 Å². The van der Waals surface area contributed by atoms with Crippen LogP contribution in [0.15, 0.2) is 0 Å². The van der Waals surface area contributed by atoms with Gasteiger partial charge in [-0.05, 0) is 40.0 Å². The van der Waals surface area contributed by atoms with Gasteiger partial charge in [-0.25, -0.2) is 12.7 Å². The van der Waals surface area contributed by atoms with E-state index in [4.69, 9.17) is 0 Å². The van der Waals surface area contributed by atoms with Crippen LogP contribution < -0.4 is 0 Å². The van der Waals surface area contributed by atoms with Gasteiger partial charge in [0.25, 0.3) is 0 Å². The highest BCUT2D eigenvalue weighted by Gasteiger charge is 2.45. The number of carboxylic acids is 1. The summed E-state index contributed by atoms with van der Waals surface area (Å²) in [7, 11) is -3.35. The lowest BCUT2D eigenvalue weighted by Crippen LogP contribution is -2.50. The molecule has 1 aliphatic heterocycles. The minimum absolute atomic E-state index is 0.311. The van der Waals surface area contributed by atoms with Crippen LogP contribution in [0, 0.1) is 5.41 Å². The van der Waals surface area contributed by atoms with Gasteiger partial charge in [-0.2, -0.15) is 0 Å². The predicted octanol–water partition coefficient (Wildman–Crippen LogP) is 2.08. The lowest BCUT2D eigenvalue weighted by molar-refractivity contribution is -0.152. The zero-order valence-corrected chi connectivity index (χ0v) is 13.1. The van der Waals surface area contributed by atoms with Gasteiger partial charge in [-0.3, -0.25) is 4.79 Å². The largest absolute Gasteiger partial charge is 0.481 e. The van der Waals surface area contributed by atoms with Gasteiger partial charge in [0, 0.05) is 13.1 Å². The third kappa shape index (κ3) is 3.11. The fourth-order valence-corrected chi connectivity index (χ4v) is 4.03. The molecule has 0 aliphatic carbocycles. The fraction of sp³-hybridized carbons (Fsp3) is 0.923. The third-order valence-electron chi connectivity index (χ3n) is 3.98. The molecule has 112 valence electrons. The second kappa shape index (κ2) is 5.40. The topological polar surface area (TPSA) is 74.7 Å². The molecule has 0 saturated carbocycles. The van der Waals surface area contributed by atoms with E-state index in [-0.39, 0.29) is 0 Å². The lowest BCUT2D eigenvalue weighted by Gasteiger charge is -2.40. The Morgan fingerprint density at radius 3 is 2.05 bits per heavy atom. The minimum Gasteiger partial charge on any atom is -0.481 e. The molecule has 5 nitrogen and oxygen atoms in total. The third-order valence-corrected chi connectivity index (χ3v) is 6.57. The summed E-state index contributed by atoms with van der Waals surface area (Å²) >= 11 is 0. The van der Waals surface area contributed by atoms with E-state index in [1.54, 1.807) is 20.8 Å².